The van der Waals surface area contributed by atoms with Crippen molar-refractivity contribution in [1.29, 1.82) is 0 Å². The van der Waals surface area contributed by atoms with Gasteiger partial charge in [-0.2, -0.15) is 0 Å². The summed E-state index contributed by atoms with van der Waals surface area (Å²) in [5.41, 5.74) is 7.58. The van der Waals surface area contributed by atoms with Gasteiger partial charge >= 0.3 is 0 Å². The van der Waals surface area contributed by atoms with E-state index in [1.807, 2.05) is 12.5 Å². The predicted octanol–water partition coefficient (Wildman–Crippen LogP) is 4.07. The minimum absolute atomic E-state index is 0.128. The van der Waals surface area contributed by atoms with E-state index in [0.717, 1.165) is 12.3 Å². The molecule has 3 heteroatoms. The van der Waals surface area contributed by atoms with Crippen LogP contribution in [-0.2, 0) is 0 Å². The summed E-state index contributed by atoms with van der Waals surface area (Å²) >= 11 is 0. The molecule has 0 spiro atoms. The highest BCUT2D eigenvalue weighted by Crippen LogP contribution is 2.32. The smallest absolute Gasteiger partial charge is 0.0951 e. The maximum Gasteiger partial charge on any atom is 0.0951 e. The summed E-state index contributed by atoms with van der Waals surface area (Å²) in [6, 6.07) is 0.740. The van der Waals surface area contributed by atoms with Gasteiger partial charge in [-0.25, -0.2) is 4.98 Å². The monoisotopic (exact) mass is 263 g/mol. The first kappa shape index (κ1) is 14.6. The summed E-state index contributed by atoms with van der Waals surface area (Å²) in [6.07, 6.45) is 11.6. The lowest BCUT2D eigenvalue weighted by atomic mass is 10.0. The lowest BCUT2D eigenvalue weighted by Gasteiger charge is -2.23. The van der Waals surface area contributed by atoms with Crippen molar-refractivity contribution in [2.45, 2.75) is 71.4 Å². The Morgan fingerprint density at radius 2 is 2.11 bits per heavy atom. The number of rotatable bonds is 4. The molecule has 0 amide bonds. The number of aromatic nitrogens is 2. The van der Waals surface area contributed by atoms with E-state index in [1.165, 1.54) is 37.8 Å². The van der Waals surface area contributed by atoms with Gasteiger partial charge in [-0.3, -0.25) is 0 Å². The third-order valence-corrected chi connectivity index (χ3v) is 4.42. The first-order chi connectivity index (χ1) is 9.08. The molecule has 1 aromatic heterocycles. The SMILES string of the molecule is CC(C)CC(N)c1cncn1C1CCCC(C)CC1. The average Bonchev–Trinajstić information content (AvgIpc) is 2.72. The molecule has 3 nitrogen and oxygen atoms in total. The fourth-order valence-electron chi connectivity index (χ4n) is 3.28. The molecule has 0 aromatic carbocycles. The molecule has 1 aliphatic carbocycles. The van der Waals surface area contributed by atoms with Crippen LogP contribution in [0.15, 0.2) is 12.5 Å². The Morgan fingerprint density at radius 1 is 1.32 bits per heavy atom. The highest BCUT2D eigenvalue weighted by atomic mass is 15.1. The van der Waals surface area contributed by atoms with Gasteiger partial charge in [-0.05, 0) is 37.5 Å². The maximum atomic E-state index is 6.35. The van der Waals surface area contributed by atoms with Crippen LogP contribution in [0, 0.1) is 11.8 Å². The van der Waals surface area contributed by atoms with Gasteiger partial charge in [0.2, 0.25) is 0 Å². The molecule has 19 heavy (non-hydrogen) atoms. The molecular formula is C16H29N3. The van der Waals surface area contributed by atoms with Crippen LogP contribution in [0.5, 0.6) is 0 Å². The van der Waals surface area contributed by atoms with Crippen LogP contribution in [0.4, 0.5) is 0 Å². The molecule has 0 bridgehead atoms. The number of nitrogens with two attached hydrogens (primary N) is 1. The Morgan fingerprint density at radius 3 is 2.84 bits per heavy atom. The van der Waals surface area contributed by atoms with Crippen LogP contribution in [-0.4, -0.2) is 9.55 Å². The summed E-state index contributed by atoms with van der Waals surface area (Å²) < 4.78 is 2.37. The lowest BCUT2D eigenvalue weighted by molar-refractivity contribution is 0.401. The van der Waals surface area contributed by atoms with Crippen molar-refractivity contribution < 1.29 is 0 Å². The molecule has 3 unspecified atom stereocenters. The Hall–Kier alpha value is -0.830. The Balaban J connectivity index is 2.09. The minimum Gasteiger partial charge on any atom is -0.330 e. The molecule has 0 aliphatic heterocycles. The molecule has 2 N–H and O–H groups in total. The van der Waals surface area contributed by atoms with Crippen LogP contribution in [0.3, 0.4) is 0 Å². The zero-order valence-corrected chi connectivity index (χ0v) is 12.7. The van der Waals surface area contributed by atoms with E-state index in [-0.39, 0.29) is 6.04 Å². The molecule has 3 atom stereocenters. The molecular weight excluding hydrogens is 234 g/mol. The van der Waals surface area contributed by atoms with Crippen molar-refractivity contribution in [2.75, 3.05) is 0 Å². The number of imidazole rings is 1. The zero-order chi connectivity index (χ0) is 13.8. The van der Waals surface area contributed by atoms with E-state index in [9.17, 15) is 0 Å². The molecule has 1 heterocycles. The Labute approximate surface area is 117 Å². The normalized spacial score (nSPS) is 26.4. The summed E-state index contributed by atoms with van der Waals surface area (Å²) in [5.74, 6) is 1.51. The second kappa shape index (κ2) is 6.56. The fourth-order valence-corrected chi connectivity index (χ4v) is 3.28. The number of hydrogen-bond acceptors (Lipinski definition) is 2. The van der Waals surface area contributed by atoms with Gasteiger partial charge in [-0.1, -0.05) is 33.6 Å². The van der Waals surface area contributed by atoms with Gasteiger partial charge in [0.15, 0.2) is 0 Å². The molecule has 0 radical (unpaired) electrons. The highest BCUT2D eigenvalue weighted by molar-refractivity contribution is 5.06. The summed E-state index contributed by atoms with van der Waals surface area (Å²) in [6.45, 7) is 6.84. The largest absolute Gasteiger partial charge is 0.330 e. The van der Waals surface area contributed by atoms with Gasteiger partial charge in [0.25, 0.3) is 0 Å². The van der Waals surface area contributed by atoms with E-state index >= 15 is 0 Å². The second-order valence-corrected chi connectivity index (χ2v) is 6.73. The zero-order valence-electron chi connectivity index (χ0n) is 12.7. The molecule has 1 saturated carbocycles. The van der Waals surface area contributed by atoms with Crippen molar-refractivity contribution in [2.24, 2.45) is 17.6 Å². The van der Waals surface area contributed by atoms with Gasteiger partial charge < -0.3 is 10.3 Å². The summed E-state index contributed by atoms with van der Waals surface area (Å²) in [4.78, 5) is 4.36. The average molecular weight is 263 g/mol. The topological polar surface area (TPSA) is 43.8 Å². The third kappa shape index (κ3) is 3.82. The highest BCUT2D eigenvalue weighted by Gasteiger charge is 2.21. The van der Waals surface area contributed by atoms with Crippen molar-refractivity contribution in [3.63, 3.8) is 0 Å². The molecule has 1 fully saturated rings. The summed E-state index contributed by atoms with van der Waals surface area (Å²) in [5, 5.41) is 0. The van der Waals surface area contributed by atoms with E-state index in [1.54, 1.807) is 0 Å². The standard InChI is InChI=1S/C16H29N3/c1-12(2)9-15(17)16-10-18-11-19(16)14-6-4-5-13(3)7-8-14/h10-15H,4-9,17H2,1-3H3. The number of hydrogen-bond donors (Lipinski definition) is 1. The van der Waals surface area contributed by atoms with Crippen molar-refractivity contribution >= 4 is 0 Å². The summed E-state index contributed by atoms with van der Waals surface area (Å²) in [7, 11) is 0. The van der Waals surface area contributed by atoms with E-state index in [4.69, 9.17) is 5.73 Å². The van der Waals surface area contributed by atoms with Crippen molar-refractivity contribution in [3.05, 3.63) is 18.2 Å². The lowest BCUT2D eigenvalue weighted by Crippen LogP contribution is -2.20. The Bertz CT molecular complexity index is 383. The van der Waals surface area contributed by atoms with E-state index < -0.39 is 0 Å². The molecule has 2 rings (SSSR count). The molecule has 108 valence electrons. The third-order valence-electron chi connectivity index (χ3n) is 4.42. The quantitative estimate of drug-likeness (QED) is 0.832. The van der Waals surface area contributed by atoms with Gasteiger partial charge in [0.05, 0.1) is 12.0 Å². The molecule has 0 saturated heterocycles. The Kier molecular flexibility index (Phi) is 5.03. The minimum atomic E-state index is 0.128. The number of nitrogens with zero attached hydrogens (tertiary/aromatic N) is 2. The first-order valence-corrected chi connectivity index (χ1v) is 7.85. The van der Waals surface area contributed by atoms with Crippen LogP contribution in [0.25, 0.3) is 0 Å². The van der Waals surface area contributed by atoms with Gasteiger partial charge in [0, 0.05) is 18.3 Å². The van der Waals surface area contributed by atoms with Gasteiger partial charge in [0.1, 0.15) is 0 Å². The maximum absolute atomic E-state index is 6.35. The van der Waals surface area contributed by atoms with Crippen LogP contribution in [0.1, 0.15) is 77.1 Å². The predicted molar refractivity (Wildman–Crippen MR) is 79.9 cm³/mol. The second-order valence-electron chi connectivity index (χ2n) is 6.73. The van der Waals surface area contributed by atoms with Crippen molar-refractivity contribution in [3.8, 4) is 0 Å². The van der Waals surface area contributed by atoms with Crippen LogP contribution >= 0.6 is 0 Å². The van der Waals surface area contributed by atoms with Crippen molar-refractivity contribution in [1.82, 2.24) is 9.55 Å². The van der Waals surface area contributed by atoms with E-state index in [0.29, 0.717) is 12.0 Å². The van der Waals surface area contributed by atoms with Crippen LogP contribution < -0.4 is 5.73 Å². The van der Waals surface area contributed by atoms with E-state index in [2.05, 4.69) is 30.3 Å². The first-order valence-electron chi connectivity index (χ1n) is 7.85. The molecule has 1 aromatic rings. The molecule has 1 aliphatic rings. The fraction of sp³-hybridized carbons (Fsp3) is 0.812. The van der Waals surface area contributed by atoms with Crippen LogP contribution in [0.2, 0.25) is 0 Å². The van der Waals surface area contributed by atoms with Gasteiger partial charge in [-0.15, -0.1) is 0 Å².